The van der Waals surface area contributed by atoms with Crippen molar-refractivity contribution in [2.75, 3.05) is 24.5 Å². The highest BCUT2D eigenvalue weighted by Crippen LogP contribution is 2.27. The largest absolute Gasteiger partial charge is 0.349 e. The Morgan fingerprint density at radius 3 is 2.72 bits per heavy atom. The number of halogens is 2. The molecule has 1 aromatic rings. The van der Waals surface area contributed by atoms with Crippen LogP contribution < -0.4 is 21.3 Å². The van der Waals surface area contributed by atoms with E-state index in [1.807, 2.05) is 0 Å². The molecule has 3 amide bonds. The molecule has 1 saturated carbocycles. The summed E-state index contributed by atoms with van der Waals surface area (Å²) in [7, 11) is 0. The van der Waals surface area contributed by atoms with Gasteiger partial charge < -0.3 is 16.4 Å². The number of rotatable bonds is 4. The molecule has 0 bridgehead atoms. The highest BCUT2D eigenvalue weighted by atomic mass is 19.1. The summed E-state index contributed by atoms with van der Waals surface area (Å²) in [6.07, 6.45) is 3.75. The first-order valence-corrected chi connectivity index (χ1v) is 8.56. The van der Waals surface area contributed by atoms with Crippen molar-refractivity contribution in [2.24, 2.45) is 11.7 Å². The summed E-state index contributed by atoms with van der Waals surface area (Å²) in [4.78, 5) is 25.4. The number of amides is 3. The SMILES string of the molecule is NCC1CCCCC1NC(=O)c1cc(N2CCNC2=O)c(F)cc1F. The van der Waals surface area contributed by atoms with Crippen molar-refractivity contribution >= 4 is 17.6 Å². The summed E-state index contributed by atoms with van der Waals surface area (Å²) in [5.74, 6) is -2.27. The second-order valence-electron chi connectivity index (χ2n) is 6.53. The molecule has 3 rings (SSSR count). The molecular weight excluding hydrogens is 330 g/mol. The van der Waals surface area contributed by atoms with E-state index in [0.29, 0.717) is 19.2 Å². The summed E-state index contributed by atoms with van der Waals surface area (Å²) in [6.45, 7) is 1.09. The smallest absolute Gasteiger partial charge is 0.322 e. The lowest BCUT2D eigenvalue weighted by molar-refractivity contribution is 0.0904. The number of nitrogens with one attached hydrogen (secondary N) is 2. The van der Waals surface area contributed by atoms with Gasteiger partial charge in [-0.15, -0.1) is 0 Å². The van der Waals surface area contributed by atoms with Crippen molar-refractivity contribution < 1.29 is 18.4 Å². The van der Waals surface area contributed by atoms with E-state index in [9.17, 15) is 18.4 Å². The first-order chi connectivity index (χ1) is 12.0. The van der Waals surface area contributed by atoms with Crippen molar-refractivity contribution in [3.8, 4) is 0 Å². The molecule has 2 aliphatic rings. The quantitative estimate of drug-likeness (QED) is 0.771. The molecule has 1 aromatic carbocycles. The van der Waals surface area contributed by atoms with E-state index in [2.05, 4.69) is 10.6 Å². The molecule has 2 unspecified atom stereocenters. The number of hydrogen-bond donors (Lipinski definition) is 3. The Hall–Kier alpha value is -2.22. The van der Waals surface area contributed by atoms with Gasteiger partial charge in [-0.2, -0.15) is 0 Å². The van der Waals surface area contributed by atoms with E-state index in [4.69, 9.17) is 5.73 Å². The number of anilines is 1. The van der Waals surface area contributed by atoms with Gasteiger partial charge in [0.05, 0.1) is 11.3 Å². The van der Waals surface area contributed by atoms with E-state index in [1.165, 1.54) is 0 Å². The minimum Gasteiger partial charge on any atom is -0.349 e. The second kappa shape index (κ2) is 7.35. The fraction of sp³-hybridized carbons (Fsp3) is 0.529. The Kier molecular flexibility index (Phi) is 5.17. The molecule has 25 heavy (non-hydrogen) atoms. The van der Waals surface area contributed by atoms with Crippen molar-refractivity contribution in [1.82, 2.24) is 10.6 Å². The fourth-order valence-electron chi connectivity index (χ4n) is 3.55. The van der Waals surface area contributed by atoms with Crippen molar-refractivity contribution in [3.05, 3.63) is 29.3 Å². The number of carbonyl (C=O) groups is 2. The van der Waals surface area contributed by atoms with Gasteiger partial charge in [0.15, 0.2) is 0 Å². The molecule has 1 heterocycles. The number of nitrogens with two attached hydrogens (primary N) is 1. The predicted molar refractivity (Wildman–Crippen MR) is 89.4 cm³/mol. The Balaban J connectivity index is 1.83. The third kappa shape index (κ3) is 3.58. The third-order valence-electron chi connectivity index (χ3n) is 4.96. The van der Waals surface area contributed by atoms with Crippen LogP contribution >= 0.6 is 0 Å². The van der Waals surface area contributed by atoms with Crippen LogP contribution in [0.5, 0.6) is 0 Å². The van der Waals surface area contributed by atoms with Gasteiger partial charge in [-0.3, -0.25) is 9.69 Å². The Labute approximate surface area is 144 Å². The number of carbonyl (C=O) groups excluding carboxylic acids is 2. The summed E-state index contributed by atoms with van der Waals surface area (Å²) >= 11 is 0. The zero-order chi connectivity index (χ0) is 18.0. The van der Waals surface area contributed by atoms with Gasteiger partial charge in [0.2, 0.25) is 0 Å². The van der Waals surface area contributed by atoms with Gasteiger partial charge in [0, 0.05) is 25.2 Å². The molecular formula is C17H22F2N4O2. The first kappa shape index (κ1) is 17.6. The maximum absolute atomic E-state index is 14.2. The van der Waals surface area contributed by atoms with E-state index >= 15 is 0 Å². The average molecular weight is 352 g/mol. The number of hydrogen-bond acceptors (Lipinski definition) is 3. The van der Waals surface area contributed by atoms with Crippen LogP contribution in [0.3, 0.4) is 0 Å². The maximum Gasteiger partial charge on any atom is 0.322 e. The number of nitrogens with zero attached hydrogens (tertiary/aromatic N) is 1. The lowest BCUT2D eigenvalue weighted by atomic mass is 9.84. The summed E-state index contributed by atoms with van der Waals surface area (Å²) in [5.41, 5.74) is 5.39. The third-order valence-corrected chi connectivity index (χ3v) is 4.96. The Morgan fingerprint density at radius 1 is 1.28 bits per heavy atom. The first-order valence-electron chi connectivity index (χ1n) is 8.56. The molecule has 2 atom stereocenters. The summed E-state index contributed by atoms with van der Waals surface area (Å²) in [6, 6.07) is 1.17. The minimum absolute atomic E-state index is 0.0967. The highest BCUT2D eigenvalue weighted by Gasteiger charge is 2.29. The van der Waals surface area contributed by atoms with Crippen molar-refractivity contribution in [3.63, 3.8) is 0 Å². The second-order valence-corrected chi connectivity index (χ2v) is 6.53. The number of benzene rings is 1. The molecule has 0 aromatic heterocycles. The molecule has 1 aliphatic heterocycles. The fourth-order valence-corrected chi connectivity index (χ4v) is 3.55. The zero-order valence-electron chi connectivity index (χ0n) is 13.9. The van der Waals surface area contributed by atoms with Gasteiger partial charge in [-0.05, 0) is 31.4 Å². The van der Waals surface area contributed by atoms with Crippen molar-refractivity contribution in [1.29, 1.82) is 0 Å². The Bertz CT molecular complexity index is 683. The molecule has 1 aliphatic carbocycles. The zero-order valence-corrected chi connectivity index (χ0v) is 13.9. The molecule has 4 N–H and O–H groups in total. The van der Waals surface area contributed by atoms with Crippen LogP contribution in [-0.4, -0.2) is 37.6 Å². The molecule has 2 fully saturated rings. The van der Waals surface area contributed by atoms with Crippen LogP contribution in [0, 0.1) is 17.6 Å². The van der Waals surface area contributed by atoms with Crippen molar-refractivity contribution in [2.45, 2.75) is 31.7 Å². The molecule has 8 heteroatoms. The maximum atomic E-state index is 14.2. The van der Waals surface area contributed by atoms with Crippen LogP contribution in [0.2, 0.25) is 0 Å². The topological polar surface area (TPSA) is 87.5 Å². The highest BCUT2D eigenvalue weighted by molar-refractivity contribution is 5.99. The molecule has 6 nitrogen and oxygen atoms in total. The van der Waals surface area contributed by atoms with Gasteiger partial charge in [-0.25, -0.2) is 13.6 Å². The van der Waals surface area contributed by atoms with E-state index in [-0.39, 0.29) is 29.8 Å². The van der Waals surface area contributed by atoms with Gasteiger partial charge in [0.25, 0.3) is 5.91 Å². The average Bonchev–Trinajstić information content (AvgIpc) is 3.01. The lowest BCUT2D eigenvalue weighted by Gasteiger charge is -2.31. The number of urea groups is 1. The van der Waals surface area contributed by atoms with E-state index in [0.717, 1.165) is 36.6 Å². The van der Waals surface area contributed by atoms with Crippen LogP contribution in [-0.2, 0) is 0 Å². The molecule has 136 valence electrons. The van der Waals surface area contributed by atoms with Gasteiger partial charge in [0.1, 0.15) is 11.6 Å². The summed E-state index contributed by atoms with van der Waals surface area (Å²) < 4.78 is 28.2. The molecule has 0 spiro atoms. The lowest BCUT2D eigenvalue weighted by Crippen LogP contribution is -2.45. The normalized spacial score (nSPS) is 23.5. The standard InChI is InChI=1S/C17H22F2N4O2/c18-12-8-13(19)15(23-6-5-21-17(23)25)7-11(12)16(24)22-14-4-2-1-3-10(14)9-20/h7-8,10,14H,1-6,9,20H2,(H,21,25)(H,22,24). The van der Waals surface area contributed by atoms with Crippen LogP contribution in [0.1, 0.15) is 36.0 Å². The molecule has 0 radical (unpaired) electrons. The van der Waals surface area contributed by atoms with Gasteiger partial charge >= 0.3 is 6.03 Å². The van der Waals surface area contributed by atoms with Crippen LogP contribution in [0.4, 0.5) is 19.3 Å². The monoisotopic (exact) mass is 352 g/mol. The van der Waals surface area contributed by atoms with Gasteiger partial charge in [-0.1, -0.05) is 12.8 Å². The van der Waals surface area contributed by atoms with E-state index < -0.39 is 23.6 Å². The van der Waals surface area contributed by atoms with Crippen LogP contribution in [0.25, 0.3) is 0 Å². The van der Waals surface area contributed by atoms with Crippen LogP contribution in [0.15, 0.2) is 12.1 Å². The predicted octanol–water partition coefficient (Wildman–Crippen LogP) is 1.74. The summed E-state index contributed by atoms with van der Waals surface area (Å²) in [5, 5.41) is 5.37. The molecule has 1 saturated heterocycles. The van der Waals surface area contributed by atoms with E-state index in [1.54, 1.807) is 0 Å². The minimum atomic E-state index is -0.946. The Morgan fingerprint density at radius 2 is 2.04 bits per heavy atom.